The van der Waals surface area contributed by atoms with E-state index in [0.29, 0.717) is 18.8 Å². The molecule has 0 aromatic carbocycles. The van der Waals surface area contributed by atoms with Gasteiger partial charge in [0.25, 0.3) is 0 Å². The lowest BCUT2D eigenvalue weighted by Crippen LogP contribution is -2.44. The summed E-state index contributed by atoms with van der Waals surface area (Å²) in [5, 5.41) is 12.6. The van der Waals surface area contributed by atoms with E-state index in [4.69, 9.17) is 0 Å². The van der Waals surface area contributed by atoms with Crippen LogP contribution in [0.1, 0.15) is 0 Å². The molecule has 4 nitrogen and oxygen atoms in total. The Hall–Kier alpha value is -0.260. The van der Waals surface area contributed by atoms with Crippen molar-refractivity contribution in [2.75, 3.05) is 32.1 Å². The average molecular weight is 204 g/mol. The van der Waals surface area contributed by atoms with Gasteiger partial charge in [0.15, 0.2) is 0 Å². The zero-order valence-corrected chi connectivity index (χ0v) is 8.80. The molecular weight excluding hydrogens is 188 g/mol. The van der Waals surface area contributed by atoms with Crippen LogP contribution in [0.5, 0.6) is 0 Å². The second-order valence-electron chi connectivity index (χ2n) is 3.23. The molecule has 0 spiro atoms. The van der Waals surface area contributed by atoms with Crippen molar-refractivity contribution in [2.24, 2.45) is 0 Å². The van der Waals surface area contributed by atoms with Gasteiger partial charge < -0.3 is 15.3 Å². The highest BCUT2D eigenvalue weighted by Gasteiger charge is 2.30. The highest BCUT2D eigenvalue weighted by molar-refractivity contribution is 7.99. The van der Waals surface area contributed by atoms with Crippen molar-refractivity contribution in [3.8, 4) is 0 Å². The highest BCUT2D eigenvalue weighted by Crippen LogP contribution is 2.08. The van der Waals surface area contributed by atoms with Crippen LogP contribution in [0.15, 0.2) is 0 Å². The number of hydrogen-bond donors (Lipinski definition) is 2. The third kappa shape index (κ3) is 2.59. The lowest BCUT2D eigenvalue weighted by atomic mass is 10.2. The van der Waals surface area contributed by atoms with E-state index < -0.39 is 6.10 Å². The number of β-amino-alcohol motifs (C(OH)–C–C–N with tert-alkyl or cyclic N) is 1. The second-order valence-corrected chi connectivity index (χ2v) is 4.10. The standard InChI is InChI=1S/C8H16N2O2S/c1-10(8(12)5-13-2)6-3-9-4-7(6)11/h6-7,9,11H,3-5H2,1-2H3/t6-,7-/m0/s1. The number of nitrogens with zero attached hydrogens (tertiary/aromatic N) is 1. The summed E-state index contributed by atoms with van der Waals surface area (Å²) < 4.78 is 0. The Morgan fingerprint density at radius 2 is 2.38 bits per heavy atom. The molecule has 1 saturated heterocycles. The molecule has 0 saturated carbocycles. The van der Waals surface area contributed by atoms with Gasteiger partial charge in [0.2, 0.25) is 5.91 Å². The van der Waals surface area contributed by atoms with Crippen LogP contribution in [0.25, 0.3) is 0 Å². The first-order valence-corrected chi connectivity index (χ1v) is 5.69. The Morgan fingerprint density at radius 1 is 1.69 bits per heavy atom. The predicted molar refractivity (Wildman–Crippen MR) is 53.8 cm³/mol. The minimum Gasteiger partial charge on any atom is -0.390 e. The van der Waals surface area contributed by atoms with Crippen LogP contribution in [0.3, 0.4) is 0 Å². The number of nitrogens with one attached hydrogen (secondary N) is 1. The van der Waals surface area contributed by atoms with Crippen LogP contribution < -0.4 is 5.32 Å². The summed E-state index contributed by atoms with van der Waals surface area (Å²) >= 11 is 1.50. The molecular formula is C8H16N2O2S. The van der Waals surface area contributed by atoms with Gasteiger partial charge in [-0.15, -0.1) is 0 Å². The monoisotopic (exact) mass is 204 g/mol. The van der Waals surface area contributed by atoms with Crippen molar-refractivity contribution in [3.63, 3.8) is 0 Å². The van der Waals surface area contributed by atoms with Gasteiger partial charge in [-0.1, -0.05) is 0 Å². The second kappa shape index (κ2) is 4.83. The summed E-state index contributed by atoms with van der Waals surface area (Å²) in [4.78, 5) is 13.1. The summed E-state index contributed by atoms with van der Waals surface area (Å²) in [5.74, 6) is 0.569. The summed E-state index contributed by atoms with van der Waals surface area (Å²) in [7, 11) is 1.75. The molecule has 13 heavy (non-hydrogen) atoms. The molecule has 1 aliphatic heterocycles. The van der Waals surface area contributed by atoms with Crippen molar-refractivity contribution < 1.29 is 9.90 Å². The van der Waals surface area contributed by atoms with Gasteiger partial charge in [0, 0.05) is 20.1 Å². The van der Waals surface area contributed by atoms with Crippen LogP contribution >= 0.6 is 11.8 Å². The third-order valence-corrected chi connectivity index (χ3v) is 2.85. The molecule has 1 heterocycles. The number of aliphatic hydroxyl groups is 1. The lowest BCUT2D eigenvalue weighted by Gasteiger charge is -2.26. The lowest BCUT2D eigenvalue weighted by molar-refractivity contribution is -0.130. The SMILES string of the molecule is CSCC(=O)N(C)[C@H]1CNC[C@@H]1O. The number of hydrogen-bond acceptors (Lipinski definition) is 4. The van der Waals surface area contributed by atoms with Crippen molar-refractivity contribution >= 4 is 17.7 Å². The van der Waals surface area contributed by atoms with Gasteiger partial charge in [-0.2, -0.15) is 11.8 Å². The van der Waals surface area contributed by atoms with E-state index in [2.05, 4.69) is 5.32 Å². The number of amides is 1. The Bertz CT molecular complexity index is 189. The fraction of sp³-hybridized carbons (Fsp3) is 0.875. The average Bonchev–Trinajstić information content (AvgIpc) is 2.50. The molecule has 1 aliphatic rings. The molecule has 0 unspecified atom stereocenters. The normalized spacial score (nSPS) is 27.6. The van der Waals surface area contributed by atoms with E-state index in [1.807, 2.05) is 6.26 Å². The molecule has 1 rings (SSSR count). The molecule has 0 aromatic rings. The van der Waals surface area contributed by atoms with E-state index >= 15 is 0 Å². The molecule has 2 N–H and O–H groups in total. The minimum atomic E-state index is -0.421. The third-order valence-electron chi connectivity index (χ3n) is 2.31. The van der Waals surface area contributed by atoms with Gasteiger partial charge in [0.05, 0.1) is 17.9 Å². The van der Waals surface area contributed by atoms with Crippen LogP contribution in [0, 0.1) is 0 Å². The number of thioether (sulfide) groups is 1. The summed E-state index contributed by atoms with van der Waals surface area (Å²) in [6.45, 7) is 1.28. The predicted octanol–water partition coefficient (Wildman–Crippen LogP) is -0.859. The summed E-state index contributed by atoms with van der Waals surface area (Å²) in [6.07, 6.45) is 1.48. The first kappa shape index (κ1) is 10.8. The van der Waals surface area contributed by atoms with Crippen molar-refractivity contribution in [1.82, 2.24) is 10.2 Å². The first-order chi connectivity index (χ1) is 6.16. The van der Waals surface area contributed by atoms with Crippen molar-refractivity contribution in [3.05, 3.63) is 0 Å². The molecule has 5 heteroatoms. The van der Waals surface area contributed by atoms with Gasteiger partial charge in [-0.25, -0.2) is 0 Å². The molecule has 2 atom stereocenters. The number of likely N-dealkylation sites (N-methyl/N-ethyl adjacent to an activating group) is 1. The Morgan fingerprint density at radius 3 is 2.85 bits per heavy atom. The Balaban J connectivity index is 2.45. The number of carbonyl (C=O) groups excluding carboxylic acids is 1. The fourth-order valence-electron chi connectivity index (χ4n) is 1.46. The quantitative estimate of drug-likeness (QED) is 0.628. The topological polar surface area (TPSA) is 52.6 Å². The zero-order valence-electron chi connectivity index (χ0n) is 7.99. The van der Waals surface area contributed by atoms with E-state index in [9.17, 15) is 9.90 Å². The van der Waals surface area contributed by atoms with E-state index in [0.717, 1.165) is 0 Å². The van der Waals surface area contributed by atoms with Crippen LogP contribution in [0.4, 0.5) is 0 Å². The molecule has 76 valence electrons. The zero-order chi connectivity index (χ0) is 9.84. The minimum absolute atomic E-state index is 0.0559. The maximum absolute atomic E-state index is 11.4. The van der Waals surface area contributed by atoms with Gasteiger partial charge in [-0.05, 0) is 6.26 Å². The van der Waals surface area contributed by atoms with Crippen LogP contribution in [-0.4, -0.2) is 60.2 Å². The number of rotatable bonds is 3. The van der Waals surface area contributed by atoms with Gasteiger partial charge >= 0.3 is 0 Å². The molecule has 1 fully saturated rings. The van der Waals surface area contributed by atoms with E-state index in [1.54, 1.807) is 11.9 Å². The summed E-state index contributed by atoms with van der Waals surface area (Å²) in [5.41, 5.74) is 0. The van der Waals surface area contributed by atoms with Crippen molar-refractivity contribution in [1.29, 1.82) is 0 Å². The van der Waals surface area contributed by atoms with Gasteiger partial charge in [0.1, 0.15) is 0 Å². The largest absolute Gasteiger partial charge is 0.390 e. The molecule has 0 aliphatic carbocycles. The maximum Gasteiger partial charge on any atom is 0.232 e. The fourth-order valence-corrected chi connectivity index (χ4v) is 1.91. The van der Waals surface area contributed by atoms with Crippen LogP contribution in [-0.2, 0) is 4.79 Å². The van der Waals surface area contributed by atoms with Crippen molar-refractivity contribution in [2.45, 2.75) is 12.1 Å². The van der Waals surface area contributed by atoms with E-state index in [-0.39, 0.29) is 11.9 Å². The molecule has 1 amide bonds. The summed E-state index contributed by atoms with van der Waals surface area (Å²) in [6, 6.07) is -0.0559. The highest BCUT2D eigenvalue weighted by atomic mass is 32.2. The molecule has 0 radical (unpaired) electrons. The molecule has 0 bridgehead atoms. The Labute approximate surface area is 82.7 Å². The number of carbonyl (C=O) groups is 1. The number of aliphatic hydroxyl groups excluding tert-OH is 1. The maximum atomic E-state index is 11.4. The Kier molecular flexibility index (Phi) is 4.02. The molecule has 0 aromatic heterocycles. The van der Waals surface area contributed by atoms with E-state index in [1.165, 1.54) is 11.8 Å². The smallest absolute Gasteiger partial charge is 0.232 e. The van der Waals surface area contributed by atoms with Crippen LogP contribution in [0.2, 0.25) is 0 Å². The van der Waals surface area contributed by atoms with Gasteiger partial charge in [-0.3, -0.25) is 4.79 Å². The first-order valence-electron chi connectivity index (χ1n) is 4.30.